The van der Waals surface area contributed by atoms with E-state index in [4.69, 9.17) is 9.47 Å². The molecule has 4 aliphatic carbocycles. The van der Waals surface area contributed by atoms with Gasteiger partial charge in [-0.25, -0.2) is 4.68 Å². The highest BCUT2D eigenvalue weighted by molar-refractivity contribution is 5.73. The van der Waals surface area contributed by atoms with Crippen molar-refractivity contribution in [2.45, 2.75) is 153 Å². The highest BCUT2D eigenvalue weighted by atomic mass is 16.5. The number of carbonyl (C=O) groups is 1. The topological polar surface area (TPSA) is 162 Å². The molecule has 282 valence electrons. The van der Waals surface area contributed by atoms with Crippen LogP contribution in [-0.4, -0.2) is 108 Å². The first-order valence-electron chi connectivity index (χ1n) is 19.6. The Kier molecular flexibility index (Phi) is 9.33. The zero-order valence-corrected chi connectivity index (χ0v) is 30.9. The number of piperidine rings is 1. The number of allylic oxidation sites excluding steroid dienone is 2. The van der Waals surface area contributed by atoms with E-state index in [1.807, 2.05) is 6.20 Å². The molecular weight excluding hydrogens is 650 g/mol. The number of ether oxygens (including phenoxy) is 2. The molecule has 3 unspecified atom stereocenters. The van der Waals surface area contributed by atoms with Crippen LogP contribution in [0.4, 0.5) is 0 Å². The molecule has 7 aliphatic rings. The van der Waals surface area contributed by atoms with Gasteiger partial charge in [-0.15, -0.1) is 5.10 Å². The van der Waals surface area contributed by atoms with Crippen LogP contribution in [-0.2, 0) is 20.8 Å². The summed E-state index contributed by atoms with van der Waals surface area (Å²) in [5.74, 6) is 2.43. The maximum atomic E-state index is 12.1. The Morgan fingerprint density at radius 3 is 2.71 bits per heavy atom. The van der Waals surface area contributed by atoms with Gasteiger partial charge in [0.2, 0.25) is 5.91 Å². The number of aliphatic hydroxyl groups is 4. The maximum Gasteiger partial charge on any atom is 0.217 e. The lowest BCUT2D eigenvalue weighted by Gasteiger charge is -2.49. The van der Waals surface area contributed by atoms with E-state index in [9.17, 15) is 25.2 Å². The lowest BCUT2D eigenvalue weighted by molar-refractivity contribution is -0.139. The first-order valence-corrected chi connectivity index (χ1v) is 19.6. The van der Waals surface area contributed by atoms with Crippen molar-refractivity contribution in [3.05, 3.63) is 34.7 Å². The van der Waals surface area contributed by atoms with Crippen molar-refractivity contribution in [2.24, 2.45) is 35.0 Å². The van der Waals surface area contributed by atoms with Crippen LogP contribution in [0.15, 0.2) is 29.0 Å². The summed E-state index contributed by atoms with van der Waals surface area (Å²) in [4.78, 5) is 14.6. The van der Waals surface area contributed by atoms with Crippen LogP contribution in [0.5, 0.6) is 0 Å². The molecule has 0 bridgehead atoms. The third kappa shape index (κ3) is 5.86. The molecule has 1 amide bonds. The van der Waals surface area contributed by atoms with Gasteiger partial charge in [0.25, 0.3) is 0 Å². The Labute approximate surface area is 301 Å². The molecule has 4 heterocycles. The molecule has 12 heteroatoms. The van der Waals surface area contributed by atoms with Gasteiger partial charge in [0, 0.05) is 38.4 Å². The summed E-state index contributed by atoms with van der Waals surface area (Å²) in [5.41, 5.74) is 5.36. The minimum absolute atomic E-state index is 0.0404. The Hall–Kier alpha value is -2.19. The highest BCUT2D eigenvalue weighted by Gasteiger charge is 2.61. The summed E-state index contributed by atoms with van der Waals surface area (Å²) < 4.78 is 15.0. The molecule has 3 saturated heterocycles. The summed E-state index contributed by atoms with van der Waals surface area (Å²) in [6.45, 7) is 12.0. The Morgan fingerprint density at radius 2 is 1.94 bits per heavy atom. The van der Waals surface area contributed by atoms with Crippen molar-refractivity contribution in [3.63, 3.8) is 0 Å². The molecule has 8 rings (SSSR count). The molecule has 12 nitrogen and oxygen atoms in total. The molecule has 1 spiro atoms. The third-order valence-corrected chi connectivity index (χ3v) is 14.8. The molecule has 51 heavy (non-hydrogen) atoms. The van der Waals surface area contributed by atoms with E-state index in [1.54, 1.807) is 10.3 Å². The number of rotatable bonds is 5. The second kappa shape index (κ2) is 13.3. The average Bonchev–Trinajstić information content (AvgIpc) is 3.76. The van der Waals surface area contributed by atoms with E-state index in [0.29, 0.717) is 36.1 Å². The van der Waals surface area contributed by atoms with Crippen LogP contribution in [0.2, 0.25) is 0 Å². The first kappa shape index (κ1) is 35.8. The number of amides is 1. The van der Waals surface area contributed by atoms with E-state index >= 15 is 0 Å². The van der Waals surface area contributed by atoms with Gasteiger partial charge in [-0.05, 0) is 93.0 Å². The van der Waals surface area contributed by atoms with E-state index in [2.05, 4.69) is 54.3 Å². The average molecular weight is 710 g/mol. The van der Waals surface area contributed by atoms with Crippen molar-refractivity contribution in [3.8, 4) is 0 Å². The summed E-state index contributed by atoms with van der Waals surface area (Å²) in [7, 11) is 0. The largest absolute Gasteiger partial charge is 0.394 e. The van der Waals surface area contributed by atoms with Crippen LogP contribution in [0.25, 0.3) is 0 Å². The van der Waals surface area contributed by atoms with Crippen molar-refractivity contribution in [1.82, 2.24) is 25.2 Å². The maximum absolute atomic E-state index is 12.1. The van der Waals surface area contributed by atoms with E-state index in [1.165, 1.54) is 24.5 Å². The number of likely N-dealkylation sites (tertiary alicyclic amines) is 1. The van der Waals surface area contributed by atoms with E-state index in [-0.39, 0.29) is 41.6 Å². The van der Waals surface area contributed by atoms with Crippen LogP contribution >= 0.6 is 0 Å². The second-order valence-electron chi connectivity index (χ2n) is 17.7. The summed E-state index contributed by atoms with van der Waals surface area (Å²) >= 11 is 0. The van der Waals surface area contributed by atoms with Gasteiger partial charge in [-0.1, -0.05) is 43.2 Å². The summed E-state index contributed by atoms with van der Waals surface area (Å²) in [6.07, 6.45) is 8.34. The number of hydrogen-bond acceptors (Lipinski definition) is 10. The van der Waals surface area contributed by atoms with E-state index in [0.717, 1.165) is 57.2 Å². The van der Waals surface area contributed by atoms with Crippen LogP contribution in [0, 0.1) is 35.0 Å². The van der Waals surface area contributed by atoms with Gasteiger partial charge in [-0.3, -0.25) is 9.69 Å². The number of nitrogens with zero attached hydrogens (tertiary/aromatic N) is 4. The van der Waals surface area contributed by atoms with Gasteiger partial charge in [0.1, 0.15) is 12.2 Å². The molecule has 5 N–H and O–H groups in total. The molecule has 1 aromatic heterocycles. The zero-order valence-electron chi connectivity index (χ0n) is 30.9. The smallest absolute Gasteiger partial charge is 0.217 e. The minimum Gasteiger partial charge on any atom is -0.394 e. The summed E-state index contributed by atoms with van der Waals surface area (Å²) in [5, 5.41) is 53.4. The van der Waals surface area contributed by atoms with Gasteiger partial charge >= 0.3 is 0 Å². The number of aromatic nitrogens is 3. The molecule has 5 fully saturated rings. The van der Waals surface area contributed by atoms with Crippen molar-refractivity contribution in [1.29, 1.82) is 0 Å². The summed E-state index contributed by atoms with van der Waals surface area (Å²) in [6, 6.07) is -0.445. The second-order valence-corrected chi connectivity index (χ2v) is 17.7. The predicted octanol–water partition coefficient (Wildman–Crippen LogP) is 3.01. The highest BCUT2D eigenvalue weighted by Crippen LogP contribution is 2.65. The first-order chi connectivity index (χ1) is 24.3. The van der Waals surface area contributed by atoms with Gasteiger partial charge in [0.05, 0.1) is 48.5 Å². The van der Waals surface area contributed by atoms with Crippen LogP contribution < -0.4 is 5.32 Å². The number of fused-ring (bicyclic) bond motifs is 6. The Balaban J connectivity index is 1.03. The van der Waals surface area contributed by atoms with Crippen LogP contribution in [0.3, 0.4) is 0 Å². The number of nitrogens with one attached hydrogen (secondary N) is 1. The van der Waals surface area contributed by atoms with Gasteiger partial charge in [-0.2, -0.15) is 0 Å². The molecule has 0 radical (unpaired) electrons. The Bertz CT molecular complexity index is 1560. The normalized spacial score (nSPS) is 46.9. The van der Waals surface area contributed by atoms with Crippen molar-refractivity contribution in [2.75, 3.05) is 13.2 Å². The lowest BCUT2D eigenvalue weighted by Crippen LogP contribution is -2.51. The third-order valence-electron chi connectivity index (χ3n) is 14.8. The number of aliphatic hydroxyl groups excluding tert-OH is 4. The molecule has 3 aliphatic heterocycles. The number of hydrogen-bond donors (Lipinski definition) is 5. The van der Waals surface area contributed by atoms with Crippen molar-refractivity contribution < 1.29 is 34.7 Å². The SMILES string of the molecule is CC(=O)NC1CC(O)[C@@H](O)C(CO)O[C@H]1n1cc(CN2C[C@@H](C)C[C@H]3O[C@]4(CC[C@@H]5C(=C4C)C[C@H]4[C@H]5CC=C5C[C@@H](O)CC[C@@]54C)[C@H](C)[C@@H]32)nn1. The molecule has 2 saturated carbocycles. The molecule has 1 aromatic rings. The zero-order chi connectivity index (χ0) is 36.0. The quantitative estimate of drug-likeness (QED) is 0.288. The minimum atomic E-state index is -1.30. The lowest BCUT2D eigenvalue weighted by atomic mass is 9.56. The standard InChI is InChI=1S/C39H59N5O7/c1-20-12-33-35(43(16-20)17-25-18-44(42-41-25)37-31(40-23(4)46)15-32(48)36(49)34(19-45)50-37)22(3)39(51-33)11-9-27-28-7-6-24-13-26(47)8-10-38(24,5)30(28)14-29(27)21(39)2/h6,18,20,22,26-28,30-37,45,47-49H,7-17,19H2,1-5H3,(H,40,46)/t20-,22+,26-,27-,28-,30-,31?,32?,33+,34?,35-,36+,37+,38-,39-/m0/s1. The number of carbonyl (C=O) groups excluding carboxylic acids is 1. The molecular formula is C39H59N5O7. The Morgan fingerprint density at radius 1 is 1.14 bits per heavy atom. The van der Waals surface area contributed by atoms with Crippen molar-refractivity contribution >= 4 is 5.91 Å². The molecule has 0 aromatic carbocycles. The van der Waals surface area contributed by atoms with Gasteiger partial charge in [0.15, 0.2) is 6.23 Å². The monoisotopic (exact) mass is 709 g/mol. The predicted molar refractivity (Wildman–Crippen MR) is 188 cm³/mol. The van der Waals surface area contributed by atoms with Crippen LogP contribution in [0.1, 0.15) is 104 Å². The fraction of sp³-hybridized carbons (Fsp3) is 0.821. The fourth-order valence-corrected chi connectivity index (χ4v) is 12.3. The van der Waals surface area contributed by atoms with Gasteiger partial charge < -0.3 is 35.2 Å². The molecule has 15 atom stereocenters. The van der Waals surface area contributed by atoms with E-state index < -0.39 is 37.2 Å². The fourth-order valence-electron chi connectivity index (χ4n) is 12.3.